The number of benzene rings is 2. The van der Waals surface area contributed by atoms with Crippen molar-refractivity contribution >= 4 is 28.1 Å². The lowest BCUT2D eigenvalue weighted by Gasteiger charge is -2.16. The maximum Gasteiger partial charge on any atom is 0.261 e. The maximum atomic E-state index is 12.2. The number of methoxy groups -OCH3 is 1. The molecule has 0 fully saturated rings. The van der Waals surface area contributed by atoms with Gasteiger partial charge in [-0.2, -0.15) is 0 Å². The molecule has 0 saturated carbocycles. The molecule has 0 saturated heterocycles. The number of aldehydes is 1. The van der Waals surface area contributed by atoms with Crippen molar-refractivity contribution in [3.05, 3.63) is 58.1 Å². The summed E-state index contributed by atoms with van der Waals surface area (Å²) >= 11 is 3.29. The van der Waals surface area contributed by atoms with Crippen LogP contribution in [-0.2, 0) is 11.3 Å². The molecule has 0 unspecified atom stereocenters. The minimum Gasteiger partial charge on any atom is -0.497 e. The standard InChI is InChI=1S/C18H18BrNO4/c1-12(24-17-8-5-15(19)9-14(17)11-21)18(22)20-10-13-3-6-16(23-2)7-4-13/h3-9,11-12H,10H2,1-2H3,(H,20,22)/t12-/m1/s1. The highest BCUT2D eigenvalue weighted by Crippen LogP contribution is 2.22. The number of ether oxygens (including phenoxy) is 2. The van der Waals surface area contributed by atoms with E-state index in [0.29, 0.717) is 24.1 Å². The molecule has 1 amide bonds. The van der Waals surface area contributed by atoms with Crippen LogP contribution < -0.4 is 14.8 Å². The van der Waals surface area contributed by atoms with E-state index in [1.54, 1.807) is 32.2 Å². The summed E-state index contributed by atoms with van der Waals surface area (Å²) in [6.07, 6.45) is -0.0228. The van der Waals surface area contributed by atoms with Gasteiger partial charge in [-0.1, -0.05) is 28.1 Å². The first-order valence-electron chi connectivity index (χ1n) is 7.35. The normalized spacial score (nSPS) is 11.5. The minimum atomic E-state index is -0.719. The third-order valence-corrected chi connectivity index (χ3v) is 3.89. The maximum absolute atomic E-state index is 12.2. The number of hydrogen-bond acceptors (Lipinski definition) is 4. The van der Waals surface area contributed by atoms with Crippen LogP contribution in [0.2, 0.25) is 0 Å². The van der Waals surface area contributed by atoms with Crippen LogP contribution >= 0.6 is 15.9 Å². The third kappa shape index (κ3) is 4.83. The lowest BCUT2D eigenvalue weighted by Crippen LogP contribution is -2.36. The van der Waals surface area contributed by atoms with Crippen LogP contribution in [-0.4, -0.2) is 25.4 Å². The Kier molecular flexibility index (Phi) is 6.37. The zero-order valence-corrected chi connectivity index (χ0v) is 15.0. The fourth-order valence-electron chi connectivity index (χ4n) is 2.04. The first-order valence-corrected chi connectivity index (χ1v) is 8.15. The molecule has 1 N–H and O–H groups in total. The summed E-state index contributed by atoms with van der Waals surface area (Å²) in [6, 6.07) is 12.5. The van der Waals surface area contributed by atoms with Crippen LogP contribution in [0.15, 0.2) is 46.9 Å². The summed E-state index contributed by atoms with van der Waals surface area (Å²) in [5.41, 5.74) is 1.34. The van der Waals surface area contributed by atoms with Crippen molar-refractivity contribution in [2.45, 2.75) is 19.6 Å². The van der Waals surface area contributed by atoms with Gasteiger partial charge in [0.15, 0.2) is 12.4 Å². The molecule has 0 radical (unpaired) electrons. The Balaban J connectivity index is 1.93. The minimum absolute atomic E-state index is 0.259. The van der Waals surface area contributed by atoms with Crippen LogP contribution in [0.1, 0.15) is 22.8 Å². The SMILES string of the molecule is COc1ccc(CNC(=O)[C@@H](C)Oc2ccc(Br)cc2C=O)cc1. The van der Waals surface area contributed by atoms with Gasteiger partial charge in [0.05, 0.1) is 12.7 Å². The van der Waals surface area contributed by atoms with Crippen LogP contribution in [0.5, 0.6) is 11.5 Å². The average molecular weight is 392 g/mol. The zero-order chi connectivity index (χ0) is 17.5. The molecule has 0 heterocycles. The smallest absolute Gasteiger partial charge is 0.261 e. The van der Waals surface area contributed by atoms with Gasteiger partial charge in [0, 0.05) is 11.0 Å². The molecule has 5 nitrogen and oxygen atoms in total. The van der Waals surface area contributed by atoms with Gasteiger partial charge in [0.2, 0.25) is 0 Å². The number of carbonyl (C=O) groups excluding carboxylic acids is 2. The summed E-state index contributed by atoms with van der Waals surface area (Å²) in [5.74, 6) is 0.879. The van der Waals surface area contributed by atoms with Gasteiger partial charge in [-0.3, -0.25) is 9.59 Å². The van der Waals surface area contributed by atoms with Gasteiger partial charge < -0.3 is 14.8 Å². The van der Waals surface area contributed by atoms with E-state index in [-0.39, 0.29) is 5.91 Å². The molecule has 0 bridgehead atoms. The number of carbonyl (C=O) groups is 2. The van der Waals surface area contributed by atoms with Crippen LogP contribution in [0.4, 0.5) is 0 Å². The highest BCUT2D eigenvalue weighted by atomic mass is 79.9. The number of halogens is 1. The Hall–Kier alpha value is -2.34. The van der Waals surface area contributed by atoms with E-state index in [1.807, 2.05) is 24.3 Å². The van der Waals surface area contributed by atoms with Gasteiger partial charge in [-0.05, 0) is 42.8 Å². The molecule has 0 aliphatic rings. The fourth-order valence-corrected chi connectivity index (χ4v) is 2.42. The molecule has 0 aliphatic heterocycles. The third-order valence-electron chi connectivity index (χ3n) is 3.40. The van der Waals surface area contributed by atoms with Crippen molar-refractivity contribution in [3.63, 3.8) is 0 Å². The molecule has 2 rings (SSSR count). The van der Waals surface area contributed by atoms with Crippen molar-refractivity contribution in [3.8, 4) is 11.5 Å². The van der Waals surface area contributed by atoms with Crippen LogP contribution in [0.25, 0.3) is 0 Å². The largest absolute Gasteiger partial charge is 0.497 e. The Labute approximate surface area is 149 Å². The summed E-state index contributed by atoms with van der Waals surface area (Å²) in [7, 11) is 1.60. The lowest BCUT2D eigenvalue weighted by atomic mass is 10.2. The molecule has 2 aromatic rings. The zero-order valence-electron chi connectivity index (χ0n) is 13.4. The van der Waals surface area contributed by atoms with E-state index in [4.69, 9.17) is 9.47 Å². The topological polar surface area (TPSA) is 64.6 Å². The predicted molar refractivity (Wildman–Crippen MR) is 94.5 cm³/mol. The second-order valence-electron chi connectivity index (χ2n) is 5.13. The predicted octanol–water partition coefficient (Wildman–Crippen LogP) is 3.35. The Bertz CT molecular complexity index is 715. The van der Waals surface area contributed by atoms with Crippen LogP contribution in [0, 0.1) is 0 Å². The van der Waals surface area contributed by atoms with Crippen LogP contribution in [0.3, 0.4) is 0 Å². The van der Waals surface area contributed by atoms with Crippen molar-refractivity contribution in [1.82, 2.24) is 5.32 Å². The molecular formula is C18H18BrNO4. The molecule has 6 heteroatoms. The lowest BCUT2D eigenvalue weighted by molar-refractivity contribution is -0.127. The number of hydrogen-bond donors (Lipinski definition) is 1. The van der Waals surface area contributed by atoms with E-state index in [0.717, 1.165) is 15.8 Å². The van der Waals surface area contributed by atoms with Crippen molar-refractivity contribution < 1.29 is 19.1 Å². The molecule has 0 aromatic heterocycles. The van der Waals surface area contributed by atoms with Gasteiger partial charge in [0.1, 0.15) is 11.5 Å². The van der Waals surface area contributed by atoms with E-state index < -0.39 is 6.10 Å². The van der Waals surface area contributed by atoms with E-state index >= 15 is 0 Å². The molecular weight excluding hydrogens is 374 g/mol. The molecule has 1 atom stereocenters. The van der Waals surface area contributed by atoms with Crippen molar-refractivity contribution in [1.29, 1.82) is 0 Å². The summed E-state index contributed by atoms with van der Waals surface area (Å²) < 4.78 is 11.5. The summed E-state index contributed by atoms with van der Waals surface area (Å²) in [5, 5.41) is 2.80. The molecule has 24 heavy (non-hydrogen) atoms. The Morgan fingerprint density at radius 2 is 1.96 bits per heavy atom. The molecule has 126 valence electrons. The number of nitrogens with one attached hydrogen (secondary N) is 1. The van der Waals surface area contributed by atoms with Gasteiger partial charge in [0.25, 0.3) is 5.91 Å². The first kappa shape index (κ1) is 18.0. The van der Waals surface area contributed by atoms with Crippen molar-refractivity contribution in [2.75, 3.05) is 7.11 Å². The second kappa shape index (κ2) is 8.49. The monoisotopic (exact) mass is 391 g/mol. The Morgan fingerprint density at radius 3 is 2.58 bits per heavy atom. The molecule has 2 aromatic carbocycles. The molecule has 0 spiro atoms. The quantitative estimate of drug-likeness (QED) is 0.734. The van der Waals surface area contributed by atoms with Crippen molar-refractivity contribution in [2.24, 2.45) is 0 Å². The van der Waals surface area contributed by atoms with E-state index in [9.17, 15) is 9.59 Å². The molecule has 0 aliphatic carbocycles. The summed E-state index contributed by atoms with van der Waals surface area (Å²) in [6.45, 7) is 2.03. The highest BCUT2D eigenvalue weighted by molar-refractivity contribution is 9.10. The van der Waals surface area contributed by atoms with Gasteiger partial charge in [-0.25, -0.2) is 0 Å². The average Bonchev–Trinajstić information content (AvgIpc) is 2.61. The first-order chi connectivity index (χ1) is 11.5. The van der Waals surface area contributed by atoms with E-state index in [2.05, 4.69) is 21.2 Å². The number of amides is 1. The Morgan fingerprint density at radius 1 is 1.25 bits per heavy atom. The van der Waals surface area contributed by atoms with E-state index in [1.165, 1.54) is 0 Å². The number of rotatable bonds is 7. The van der Waals surface area contributed by atoms with Gasteiger partial charge in [-0.15, -0.1) is 0 Å². The summed E-state index contributed by atoms with van der Waals surface area (Å²) in [4.78, 5) is 23.2. The second-order valence-corrected chi connectivity index (χ2v) is 6.04. The highest BCUT2D eigenvalue weighted by Gasteiger charge is 2.16. The van der Waals surface area contributed by atoms with Gasteiger partial charge >= 0.3 is 0 Å². The fraction of sp³-hybridized carbons (Fsp3) is 0.222.